The van der Waals surface area contributed by atoms with Crippen molar-refractivity contribution < 1.29 is 9.21 Å². The molecule has 8 nitrogen and oxygen atoms in total. The van der Waals surface area contributed by atoms with Crippen molar-refractivity contribution in [2.24, 2.45) is 0 Å². The first-order valence-corrected chi connectivity index (χ1v) is 11.1. The molecule has 3 aromatic heterocycles. The molecule has 1 N–H and O–H groups in total. The molecule has 0 unspecified atom stereocenters. The van der Waals surface area contributed by atoms with Crippen molar-refractivity contribution in [3.63, 3.8) is 0 Å². The first-order valence-electron chi connectivity index (χ1n) is 10.2. The van der Waals surface area contributed by atoms with Gasteiger partial charge in [-0.2, -0.15) is 0 Å². The Morgan fingerprint density at radius 3 is 2.61 bits per heavy atom. The van der Waals surface area contributed by atoms with Crippen molar-refractivity contribution >= 4 is 27.5 Å². The minimum Gasteiger partial charge on any atom is -0.416 e. The van der Waals surface area contributed by atoms with Crippen molar-refractivity contribution in [3.8, 4) is 22.9 Å². The fraction of sp³-hybridized carbons (Fsp3) is 0.125. The summed E-state index contributed by atoms with van der Waals surface area (Å²) in [7, 11) is 1.67. The van der Waals surface area contributed by atoms with Gasteiger partial charge in [-0.15, -0.1) is 21.5 Å². The molecule has 0 atom stereocenters. The number of carbonyl (C=O) groups is 1. The minimum atomic E-state index is -0.195. The summed E-state index contributed by atoms with van der Waals surface area (Å²) in [5.41, 5.74) is 3.59. The zero-order valence-electron chi connectivity index (χ0n) is 17.9. The number of aromatic nitrogens is 4. The predicted molar refractivity (Wildman–Crippen MR) is 126 cm³/mol. The number of thiophene rings is 1. The van der Waals surface area contributed by atoms with Crippen molar-refractivity contribution in [2.75, 3.05) is 7.05 Å². The number of fused-ring (bicyclic) bond motifs is 1. The van der Waals surface area contributed by atoms with E-state index in [9.17, 15) is 9.59 Å². The average Bonchev–Trinajstić information content (AvgIpc) is 3.49. The maximum Gasteiger partial charge on any atom is 0.268 e. The zero-order valence-corrected chi connectivity index (χ0v) is 18.7. The quantitative estimate of drug-likeness (QED) is 0.422. The topological polar surface area (TPSA) is 105 Å². The Bertz CT molecular complexity index is 1520. The first-order chi connectivity index (χ1) is 16.0. The van der Waals surface area contributed by atoms with Crippen LogP contribution in [-0.2, 0) is 6.54 Å². The van der Waals surface area contributed by atoms with Crippen LogP contribution < -0.4 is 5.56 Å². The lowest BCUT2D eigenvalue weighted by atomic mass is 10.1. The van der Waals surface area contributed by atoms with E-state index in [1.165, 1.54) is 16.2 Å². The average molecular weight is 458 g/mol. The van der Waals surface area contributed by atoms with Gasteiger partial charge in [-0.3, -0.25) is 9.59 Å². The number of rotatable bonds is 5. The first kappa shape index (κ1) is 20.8. The monoisotopic (exact) mass is 457 g/mol. The summed E-state index contributed by atoms with van der Waals surface area (Å²) >= 11 is 1.34. The molecule has 164 valence electrons. The van der Waals surface area contributed by atoms with Crippen molar-refractivity contribution in [2.45, 2.75) is 13.5 Å². The molecule has 0 spiro atoms. The van der Waals surface area contributed by atoms with Gasteiger partial charge in [0.1, 0.15) is 10.5 Å². The second kappa shape index (κ2) is 8.44. The number of amides is 1. The Morgan fingerprint density at radius 1 is 1.06 bits per heavy atom. The number of benzene rings is 2. The molecule has 0 saturated carbocycles. The smallest absolute Gasteiger partial charge is 0.268 e. The predicted octanol–water partition coefficient (Wildman–Crippen LogP) is 4.28. The van der Waals surface area contributed by atoms with Crippen LogP contribution >= 0.6 is 11.3 Å². The van der Waals surface area contributed by atoms with E-state index in [-0.39, 0.29) is 18.0 Å². The van der Waals surface area contributed by atoms with Gasteiger partial charge in [0.2, 0.25) is 11.8 Å². The number of hydrogen-bond acceptors (Lipinski definition) is 7. The standard InChI is InChI=1S/C24H19N5O3S/c1-14-5-3-4-6-17(14)23-28-27-22(32-23)15-7-9-16(10-8-15)24(31)29(2)13-19-25-18-11-12-33-20(18)21(30)26-19/h3-12H,13H2,1-2H3,(H,25,26,30). The zero-order chi connectivity index (χ0) is 22.9. The van der Waals surface area contributed by atoms with Crippen molar-refractivity contribution in [1.29, 1.82) is 0 Å². The highest BCUT2D eigenvalue weighted by atomic mass is 32.1. The number of hydrogen-bond donors (Lipinski definition) is 1. The van der Waals surface area contributed by atoms with Gasteiger partial charge in [0, 0.05) is 23.7 Å². The highest BCUT2D eigenvalue weighted by Gasteiger charge is 2.16. The van der Waals surface area contributed by atoms with Gasteiger partial charge in [-0.05, 0) is 54.3 Å². The molecule has 0 radical (unpaired) electrons. The molecule has 0 aliphatic rings. The lowest BCUT2D eigenvalue weighted by Gasteiger charge is -2.16. The van der Waals surface area contributed by atoms with E-state index in [1.54, 1.807) is 37.4 Å². The van der Waals surface area contributed by atoms with Crippen LogP contribution in [0.25, 0.3) is 33.1 Å². The fourth-order valence-corrected chi connectivity index (χ4v) is 4.26. The maximum absolute atomic E-state index is 12.9. The molecule has 0 bridgehead atoms. The second-order valence-electron chi connectivity index (χ2n) is 7.61. The van der Waals surface area contributed by atoms with Crippen LogP contribution in [0.1, 0.15) is 21.7 Å². The lowest BCUT2D eigenvalue weighted by molar-refractivity contribution is 0.0781. The van der Waals surface area contributed by atoms with Crippen LogP contribution in [0.4, 0.5) is 0 Å². The molecule has 2 aromatic carbocycles. The summed E-state index contributed by atoms with van der Waals surface area (Å²) in [4.78, 5) is 33.7. The Morgan fingerprint density at radius 2 is 1.82 bits per heavy atom. The van der Waals surface area contributed by atoms with E-state index in [0.29, 0.717) is 33.4 Å². The summed E-state index contributed by atoms with van der Waals surface area (Å²) in [6, 6.07) is 16.6. The van der Waals surface area contributed by atoms with Gasteiger partial charge in [0.25, 0.3) is 11.5 Å². The molecule has 5 rings (SSSR count). The summed E-state index contributed by atoms with van der Waals surface area (Å²) in [5, 5.41) is 10.1. The number of aryl methyl sites for hydroxylation is 1. The van der Waals surface area contributed by atoms with E-state index < -0.39 is 0 Å². The largest absolute Gasteiger partial charge is 0.416 e. The number of H-pyrrole nitrogens is 1. The SMILES string of the molecule is Cc1ccccc1-c1nnc(-c2ccc(C(=O)N(C)Cc3nc4ccsc4c(=O)[nH]3)cc2)o1. The van der Waals surface area contributed by atoms with E-state index in [1.807, 2.05) is 36.6 Å². The summed E-state index contributed by atoms with van der Waals surface area (Å²) in [6.07, 6.45) is 0. The van der Waals surface area contributed by atoms with Crippen LogP contribution in [0, 0.1) is 6.92 Å². The number of carbonyl (C=O) groups excluding carboxylic acids is 1. The summed E-state index contributed by atoms with van der Waals surface area (Å²) in [6.45, 7) is 2.17. The van der Waals surface area contributed by atoms with Crippen molar-refractivity contribution in [1.82, 2.24) is 25.1 Å². The Balaban J connectivity index is 1.32. The minimum absolute atomic E-state index is 0.186. The van der Waals surface area contributed by atoms with E-state index >= 15 is 0 Å². The highest BCUT2D eigenvalue weighted by Crippen LogP contribution is 2.26. The third-order valence-corrected chi connectivity index (χ3v) is 6.18. The molecule has 0 aliphatic carbocycles. The Kier molecular flexibility index (Phi) is 5.31. The van der Waals surface area contributed by atoms with Gasteiger partial charge in [0.15, 0.2) is 0 Å². The molecule has 3 heterocycles. The van der Waals surface area contributed by atoms with Gasteiger partial charge in [-0.25, -0.2) is 4.98 Å². The number of nitrogens with zero attached hydrogens (tertiary/aromatic N) is 4. The second-order valence-corrected chi connectivity index (χ2v) is 8.53. The van der Waals surface area contributed by atoms with Gasteiger partial charge >= 0.3 is 0 Å². The molecule has 5 aromatic rings. The third-order valence-electron chi connectivity index (χ3n) is 5.28. The Labute approximate surface area is 192 Å². The van der Waals surface area contributed by atoms with Gasteiger partial charge < -0.3 is 14.3 Å². The number of aromatic amines is 1. The molecule has 0 saturated heterocycles. The van der Waals surface area contributed by atoms with Gasteiger partial charge in [0.05, 0.1) is 12.1 Å². The summed E-state index contributed by atoms with van der Waals surface area (Å²) < 4.78 is 6.42. The molecular weight excluding hydrogens is 438 g/mol. The fourth-order valence-electron chi connectivity index (χ4n) is 3.53. The molecule has 1 amide bonds. The van der Waals surface area contributed by atoms with E-state index in [2.05, 4.69) is 20.2 Å². The lowest BCUT2D eigenvalue weighted by Crippen LogP contribution is -2.28. The summed E-state index contributed by atoms with van der Waals surface area (Å²) in [5.74, 6) is 1.08. The highest BCUT2D eigenvalue weighted by molar-refractivity contribution is 7.17. The van der Waals surface area contributed by atoms with Crippen LogP contribution in [0.5, 0.6) is 0 Å². The number of nitrogens with one attached hydrogen (secondary N) is 1. The molecule has 9 heteroatoms. The molecule has 0 aliphatic heterocycles. The van der Waals surface area contributed by atoms with Crippen LogP contribution in [0.2, 0.25) is 0 Å². The Hall–Kier alpha value is -4.11. The van der Waals surface area contributed by atoms with Crippen LogP contribution in [0.3, 0.4) is 0 Å². The molecule has 0 fully saturated rings. The van der Waals surface area contributed by atoms with Gasteiger partial charge in [-0.1, -0.05) is 18.2 Å². The van der Waals surface area contributed by atoms with Crippen LogP contribution in [0.15, 0.2) is 69.2 Å². The van der Waals surface area contributed by atoms with E-state index in [0.717, 1.165) is 16.7 Å². The molecule has 33 heavy (non-hydrogen) atoms. The van der Waals surface area contributed by atoms with Crippen LogP contribution in [-0.4, -0.2) is 38.0 Å². The third kappa shape index (κ3) is 4.06. The maximum atomic E-state index is 12.9. The molecular formula is C24H19N5O3S. The van der Waals surface area contributed by atoms with E-state index in [4.69, 9.17) is 4.42 Å². The normalized spacial score (nSPS) is 11.1. The van der Waals surface area contributed by atoms with Crippen molar-refractivity contribution in [3.05, 3.63) is 87.3 Å².